The minimum absolute atomic E-state index is 0. The molecule has 0 spiro atoms. The van der Waals surface area contributed by atoms with E-state index in [0.717, 1.165) is 68.0 Å². The molecule has 1 fully saturated rings. The van der Waals surface area contributed by atoms with Crippen molar-refractivity contribution in [3.8, 4) is 0 Å². The van der Waals surface area contributed by atoms with Gasteiger partial charge in [0.25, 0.3) is 0 Å². The SMILES string of the molecule is CCc1cnc(CCNC(=NCc2nnc(C)n2C)NCC2CCCO2)s1.I. The predicted molar refractivity (Wildman–Crippen MR) is 122 cm³/mol. The van der Waals surface area contributed by atoms with Crippen LogP contribution in [0.5, 0.6) is 0 Å². The first-order chi connectivity index (χ1) is 13.2. The summed E-state index contributed by atoms with van der Waals surface area (Å²) in [6.07, 6.45) is 6.39. The maximum Gasteiger partial charge on any atom is 0.191 e. The van der Waals surface area contributed by atoms with E-state index in [0.29, 0.717) is 6.54 Å². The van der Waals surface area contributed by atoms with Gasteiger partial charge >= 0.3 is 0 Å². The number of ether oxygens (including phenoxy) is 1. The fourth-order valence-corrected chi connectivity index (χ4v) is 3.71. The Balaban J connectivity index is 0.00000280. The summed E-state index contributed by atoms with van der Waals surface area (Å²) in [5, 5.41) is 16.2. The highest BCUT2D eigenvalue weighted by Gasteiger charge is 2.15. The van der Waals surface area contributed by atoms with Crippen LogP contribution in [0.4, 0.5) is 0 Å². The number of aryl methyl sites for hydroxylation is 2. The van der Waals surface area contributed by atoms with E-state index in [9.17, 15) is 0 Å². The number of hydrogen-bond donors (Lipinski definition) is 2. The largest absolute Gasteiger partial charge is 0.376 e. The maximum absolute atomic E-state index is 5.70. The van der Waals surface area contributed by atoms with Gasteiger partial charge in [0.1, 0.15) is 12.4 Å². The molecule has 156 valence electrons. The van der Waals surface area contributed by atoms with Crippen molar-refractivity contribution >= 4 is 41.3 Å². The second kappa shape index (κ2) is 11.7. The molecule has 1 unspecified atom stereocenters. The van der Waals surface area contributed by atoms with E-state index in [-0.39, 0.29) is 30.1 Å². The standard InChI is InChI=1S/C18H29N7OS.HI/c1-4-15-11-20-17(27-15)7-8-19-18(21-10-14-6-5-9-26-14)22-12-16-24-23-13(2)25(16)3;/h11,14H,4-10,12H2,1-3H3,(H2,19,21,22);1H. The summed E-state index contributed by atoms with van der Waals surface area (Å²) >= 11 is 1.78. The Morgan fingerprint density at radius 3 is 2.89 bits per heavy atom. The molecular weight excluding hydrogens is 489 g/mol. The summed E-state index contributed by atoms with van der Waals surface area (Å²) < 4.78 is 7.66. The number of rotatable bonds is 8. The van der Waals surface area contributed by atoms with Crippen molar-refractivity contribution in [1.29, 1.82) is 0 Å². The summed E-state index contributed by atoms with van der Waals surface area (Å²) in [6.45, 7) is 6.98. The number of thiazole rings is 1. The Bertz CT molecular complexity index is 755. The molecule has 2 aromatic heterocycles. The van der Waals surface area contributed by atoms with Gasteiger partial charge in [-0.2, -0.15) is 0 Å². The van der Waals surface area contributed by atoms with Crippen LogP contribution in [0.2, 0.25) is 0 Å². The number of nitrogens with zero attached hydrogens (tertiary/aromatic N) is 5. The smallest absolute Gasteiger partial charge is 0.191 e. The molecule has 0 bridgehead atoms. The van der Waals surface area contributed by atoms with E-state index in [1.54, 1.807) is 11.3 Å². The van der Waals surface area contributed by atoms with Crippen LogP contribution in [0.15, 0.2) is 11.2 Å². The fraction of sp³-hybridized carbons (Fsp3) is 0.667. The van der Waals surface area contributed by atoms with Gasteiger partial charge in [-0.15, -0.1) is 45.5 Å². The average Bonchev–Trinajstić information content (AvgIpc) is 3.41. The van der Waals surface area contributed by atoms with Gasteiger partial charge in [0.05, 0.1) is 11.1 Å². The van der Waals surface area contributed by atoms with Crippen LogP contribution in [0.1, 0.15) is 41.3 Å². The number of aromatic nitrogens is 4. The first-order valence-electron chi connectivity index (χ1n) is 9.58. The van der Waals surface area contributed by atoms with E-state index in [1.165, 1.54) is 4.88 Å². The summed E-state index contributed by atoms with van der Waals surface area (Å²) in [5.41, 5.74) is 0. The molecule has 3 heterocycles. The van der Waals surface area contributed by atoms with E-state index in [2.05, 4.69) is 37.7 Å². The van der Waals surface area contributed by atoms with Crippen molar-refractivity contribution in [3.63, 3.8) is 0 Å². The third kappa shape index (κ3) is 6.66. The monoisotopic (exact) mass is 519 g/mol. The van der Waals surface area contributed by atoms with Gasteiger partial charge in [-0.3, -0.25) is 0 Å². The minimum Gasteiger partial charge on any atom is -0.376 e. The molecule has 2 aromatic rings. The molecule has 10 heteroatoms. The highest BCUT2D eigenvalue weighted by atomic mass is 127. The fourth-order valence-electron chi connectivity index (χ4n) is 2.84. The van der Waals surface area contributed by atoms with E-state index in [4.69, 9.17) is 4.74 Å². The van der Waals surface area contributed by atoms with Gasteiger partial charge in [0, 0.05) is 44.2 Å². The Kier molecular flexibility index (Phi) is 9.59. The zero-order chi connectivity index (χ0) is 19.1. The molecule has 1 aliphatic rings. The van der Waals surface area contributed by atoms with Crippen molar-refractivity contribution in [2.75, 3.05) is 19.7 Å². The zero-order valence-electron chi connectivity index (χ0n) is 16.8. The Hall–Kier alpha value is -1.27. The number of hydrogen-bond acceptors (Lipinski definition) is 6. The van der Waals surface area contributed by atoms with E-state index < -0.39 is 0 Å². The summed E-state index contributed by atoms with van der Waals surface area (Å²) in [7, 11) is 1.96. The van der Waals surface area contributed by atoms with Crippen LogP contribution in [0.25, 0.3) is 0 Å². The summed E-state index contributed by atoms with van der Waals surface area (Å²) in [5.74, 6) is 2.51. The quantitative estimate of drug-likeness (QED) is 0.316. The highest BCUT2D eigenvalue weighted by molar-refractivity contribution is 14.0. The van der Waals surface area contributed by atoms with Gasteiger partial charge in [-0.25, -0.2) is 9.98 Å². The third-order valence-electron chi connectivity index (χ3n) is 4.66. The molecule has 0 aliphatic carbocycles. The molecular formula is C18H30IN7OS. The van der Waals surface area contributed by atoms with Gasteiger partial charge in [0.15, 0.2) is 11.8 Å². The lowest BCUT2D eigenvalue weighted by Gasteiger charge is -2.15. The Labute approximate surface area is 187 Å². The summed E-state index contributed by atoms with van der Waals surface area (Å²) in [6, 6.07) is 0. The number of aliphatic imine (C=N–C) groups is 1. The van der Waals surface area contributed by atoms with Crippen molar-refractivity contribution in [3.05, 3.63) is 27.7 Å². The number of nitrogens with one attached hydrogen (secondary N) is 2. The third-order valence-corrected chi connectivity index (χ3v) is 5.87. The topological polar surface area (TPSA) is 89.3 Å². The maximum atomic E-state index is 5.70. The normalized spacial score (nSPS) is 16.8. The van der Waals surface area contributed by atoms with Crippen molar-refractivity contribution < 1.29 is 4.74 Å². The second-order valence-electron chi connectivity index (χ2n) is 6.65. The molecule has 3 rings (SSSR count). The number of guanidine groups is 1. The molecule has 0 radical (unpaired) electrons. The molecule has 1 saturated heterocycles. The van der Waals surface area contributed by atoms with E-state index in [1.807, 2.05) is 24.7 Å². The summed E-state index contributed by atoms with van der Waals surface area (Å²) in [4.78, 5) is 10.5. The van der Waals surface area contributed by atoms with Gasteiger partial charge in [-0.1, -0.05) is 6.92 Å². The van der Waals surface area contributed by atoms with E-state index >= 15 is 0 Å². The van der Waals surface area contributed by atoms with Gasteiger partial charge < -0.3 is 19.9 Å². The van der Waals surface area contributed by atoms with Crippen molar-refractivity contribution in [2.45, 2.75) is 52.2 Å². The number of halogens is 1. The molecule has 0 aromatic carbocycles. The van der Waals surface area contributed by atoms with Crippen molar-refractivity contribution in [1.82, 2.24) is 30.4 Å². The van der Waals surface area contributed by atoms with Gasteiger partial charge in [0.2, 0.25) is 0 Å². The molecule has 0 amide bonds. The van der Waals surface area contributed by atoms with Gasteiger partial charge in [-0.05, 0) is 26.2 Å². The molecule has 2 N–H and O–H groups in total. The molecule has 0 saturated carbocycles. The van der Waals surface area contributed by atoms with Crippen LogP contribution < -0.4 is 10.6 Å². The predicted octanol–water partition coefficient (Wildman–Crippen LogP) is 2.22. The Morgan fingerprint density at radius 1 is 1.39 bits per heavy atom. The minimum atomic E-state index is 0. The molecule has 8 nitrogen and oxygen atoms in total. The highest BCUT2D eigenvalue weighted by Crippen LogP contribution is 2.13. The first-order valence-corrected chi connectivity index (χ1v) is 10.4. The second-order valence-corrected chi connectivity index (χ2v) is 7.85. The lowest BCUT2D eigenvalue weighted by molar-refractivity contribution is 0.114. The molecule has 1 atom stereocenters. The molecule has 28 heavy (non-hydrogen) atoms. The lowest BCUT2D eigenvalue weighted by atomic mass is 10.2. The van der Waals surface area contributed by atoms with Crippen LogP contribution in [0, 0.1) is 6.92 Å². The van der Waals surface area contributed by atoms with Crippen LogP contribution in [-0.4, -0.2) is 51.5 Å². The first kappa shape index (κ1) is 23.0. The van der Waals surface area contributed by atoms with Crippen LogP contribution in [0.3, 0.4) is 0 Å². The average molecular weight is 519 g/mol. The van der Waals surface area contributed by atoms with Crippen LogP contribution in [-0.2, 0) is 31.2 Å². The van der Waals surface area contributed by atoms with Crippen LogP contribution >= 0.6 is 35.3 Å². The molecule has 1 aliphatic heterocycles. The van der Waals surface area contributed by atoms with Crippen molar-refractivity contribution in [2.24, 2.45) is 12.0 Å². The Morgan fingerprint density at radius 2 is 2.25 bits per heavy atom. The lowest BCUT2D eigenvalue weighted by Crippen LogP contribution is -2.42. The zero-order valence-corrected chi connectivity index (χ0v) is 19.9.